The number of fused-ring (bicyclic) bond motifs is 1. The summed E-state index contributed by atoms with van der Waals surface area (Å²) in [7, 11) is 0. The van der Waals surface area contributed by atoms with E-state index >= 15 is 0 Å². The maximum Gasteiger partial charge on any atom is 0.308 e. The number of anilines is 1. The highest BCUT2D eigenvalue weighted by Crippen LogP contribution is 2.21. The Labute approximate surface area is 120 Å². The summed E-state index contributed by atoms with van der Waals surface area (Å²) < 4.78 is 0. The molecule has 7 nitrogen and oxygen atoms in total. The molecule has 0 bridgehead atoms. The van der Waals surface area contributed by atoms with E-state index in [1.807, 2.05) is 0 Å². The number of benzene rings is 1. The molecule has 1 heterocycles. The summed E-state index contributed by atoms with van der Waals surface area (Å²) >= 11 is 0. The monoisotopic (exact) mass is 289 g/mol. The molecule has 1 aromatic heterocycles. The molecular weight excluding hydrogens is 274 g/mol. The number of nitro groups is 1. The fourth-order valence-electron chi connectivity index (χ4n) is 1.88. The minimum Gasteiger partial charge on any atom is -0.481 e. The summed E-state index contributed by atoms with van der Waals surface area (Å²) in [4.78, 5) is 25.5. The van der Waals surface area contributed by atoms with Crippen LogP contribution in [0.25, 0.3) is 10.9 Å². The first-order valence-electron chi connectivity index (χ1n) is 6.43. The Morgan fingerprint density at radius 3 is 2.67 bits per heavy atom. The summed E-state index contributed by atoms with van der Waals surface area (Å²) in [6, 6.07) is 7.53. The van der Waals surface area contributed by atoms with Gasteiger partial charge in [-0.3, -0.25) is 14.9 Å². The van der Waals surface area contributed by atoms with E-state index in [9.17, 15) is 14.9 Å². The van der Waals surface area contributed by atoms with Crippen LogP contribution in [0.5, 0.6) is 0 Å². The molecule has 0 saturated carbocycles. The number of carboxylic acid groups (broad SMARTS) is 1. The van der Waals surface area contributed by atoms with Gasteiger partial charge in [0, 0.05) is 23.6 Å². The van der Waals surface area contributed by atoms with Crippen LogP contribution in [0.2, 0.25) is 0 Å². The first-order valence-corrected chi connectivity index (χ1v) is 6.43. The number of nitrogens with one attached hydrogen (secondary N) is 1. The maximum atomic E-state index is 10.9. The SMILES string of the molecule is CC(Nc1ccc2cc([N+](=O)[O-])ccc2n1)C(C)C(=O)O. The molecule has 0 saturated heterocycles. The van der Waals surface area contributed by atoms with Gasteiger partial charge < -0.3 is 10.4 Å². The van der Waals surface area contributed by atoms with E-state index in [-0.39, 0.29) is 11.7 Å². The van der Waals surface area contributed by atoms with Crippen molar-refractivity contribution in [3.05, 3.63) is 40.4 Å². The number of hydrogen-bond donors (Lipinski definition) is 2. The van der Waals surface area contributed by atoms with Gasteiger partial charge in [0.05, 0.1) is 16.4 Å². The van der Waals surface area contributed by atoms with Crippen molar-refractivity contribution in [1.29, 1.82) is 0 Å². The molecule has 0 spiro atoms. The smallest absolute Gasteiger partial charge is 0.308 e. The lowest BCUT2D eigenvalue weighted by Crippen LogP contribution is -2.30. The maximum absolute atomic E-state index is 10.9. The molecule has 0 radical (unpaired) electrons. The Kier molecular flexibility index (Phi) is 4.02. The molecule has 2 aromatic rings. The van der Waals surface area contributed by atoms with Crippen LogP contribution in [-0.4, -0.2) is 27.0 Å². The summed E-state index contributed by atoms with van der Waals surface area (Å²) in [5, 5.41) is 23.4. The lowest BCUT2D eigenvalue weighted by molar-refractivity contribution is -0.384. The van der Waals surface area contributed by atoms with Crippen LogP contribution >= 0.6 is 0 Å². The molecule has 0 aliphatic carbocycles. The Morgan fingerprint density at radius 1 is 1.33 bits per heavy atom. The third kappa shape index (κ3) is 3.25. The number of nitro benzene ring substituents is 1. The van der Waals surface area contributed by atoms with Gasteiger partial charge >= 0.3 is 5.97 Å². The normalized spacial score (nSPS) is 13.6. The fraction of sp³-hybridized carbons (Fsp3) is 0.286. The summed E-state index contributed by atoms with van der Waals surface area (Å²) in [5.41, 5.74) is 0.624. The zero-order valence-corrected chi connectivity index (χ0v) is 11.6. The molecule has 7 heteroatoms. The largest absolute Gasteiger partial charge is 0.481 e. The number of pyridine rings is 1. The molecule has 2 unspecified atom stereocenters. The highest BCUT2D eigenvalue weighted by molar-refractivity contribution is 5.82. The molecule has 0 aliphatic rings. The van der Waals surface area contributed by atoms with Crippen molar-refractivity contribution < 1.29 is 14.8 Å². The summed E-state index contributed by atoms with van der Waals surface area (Å²) in [5.74, 6) is -0.900. The Bertz CT molecular complexity index is 702. The molecular formula is C14H15N3O4. The van der Waals surface area contributed by atoms with Gasteiger partial charge in [-0.15, -0.1) is 0 Å². The van der Waals surface area contributed by atoms with Gasteiger partial charge in [0.15, 0.2) is 0 Å². The van der Waals surface area contributed by atoms with Crippen LogP contribution in [0.4, 0.5) is 11.5 Å². The quantitative estimate of drug-likeness (QED) is 0.647. The number of hydrogen-bond acceptors (Lipinski definition) is 5. The minimum atomic E-state index is -0.883. The van der Waals surface area contributed by atoms with E-state index in [2.05, 4.69) is 10.3 Å². The highest BCUT2D eigenvalue weighted by Gasteiger charge is 2.19. The fourth-order valence-corrected chi connectivity index (χ4v) is 1.88. The van der Waals surface area contributed by atoms with Gasteiger partial charge in [-0.05, 0) is 32.0 Å². The zero-order valence-electron chi connectivity index (χ0n) is 11.6. The van der Waals surface area contributed by atoms with E-state index in [0.717, 1.165) is 0 Å². The standard InChI is InChI=1S/C14H15N3O4/c1-8(14(18)19)9(2)15-13-6-3-10-7-11(17(20)21)4-5-12(10)16-13/h3-9H,1-2H3,(H,15,16)(H,18,19). The zero-order chi connectivity index (χ0) is 15.6. The van der Waals surface area contributed by atoms with Gasteiger partial charge in [0.25, 0.3) is 5.69 Å². The number of nitrogens with zero attached hydrogens (tertiary/aromatic N) is 2. The Balaban J connectivity index is 2.25. The van der Waals surface area contributed by atoms with Gasteiger partial charge in [-0.25, -0.2) is 4.98 Å². The number of carbonyl (C=O) groups is 1. The third-order valence-electron chi connectivity index (χ3n) is 3.40. The van der Waals surface area contributed by atoms with E-state index < -0.39 is 16.8 Å². The summed E-state index contributed by atoms with van der Waals surface area (Å²) in [6.07, 6.45) is 0. The topological polar surface area (TPSA) is 105 Å². The molecule has 110 valence electrons. The van der Waals surface area contributed by atoms with Crippen LogP contribution in [0.1, 0.15) is 13.8 Å². The average molecular weight is 289 g/mol. The number of non-ortho nitro benzene ring substituents is 1. The van der Waals surface area contributed by atoms with Crippen LogP contribution < -0.4 is 5.32 Å². The molecule has 1 aromatic carbocycles. The Hall–Kier alpha value is -2.70. The average Bonchev–Trinajstić information content (AvgIpc) is 2.45. The number of aromatic nitrogens is 1. The second-order valence-corrected chi connectivity index (χ2v) is 4.89. The molecule has 0 aliphatic heterocycles. The molecule has 2 N–H and O–H groups in total. The van der Waals surface area contributed by atoms with Crippen molar-refractivity contribution >= 4 is 28.4 Å². The lowest BCUT2D eigenvalue weighted by Gasteiger charge is -2.18. The van der Waals surface area contributed by atoms with Crippen LogP contribution in [0.3, 0.4) is 0 Å². The second kappa shape index (κ2) is 5.74. The predicted octanol–water partition coefficient (Wildman–Crippen LogP) is 2.66. The number of rotatable bonds is 5. The van der Waals surface area contributed by atoms with E-state index in [4.69, 9.17) is 5.11 Å². The molecule has 0 fully saturated rings. The first kappa shape index (κ1) is 14.7. The Morgan fingerprint density at radius 2 is 2.05 bits per heavy atom. The third-order valence-corrected chi connectivity index (χ3v) is 3.40. The summed E-state index contributed by atoms with van der Waals surface area (Å²) in [6.45, 7) is 3.38. The lowest BCUT2D eigenvalue weighted by atomic mass is 10.0. The molecule has 2 atom stereocenters. The second-order valence-electron chi connectivity index (χ2n) is 4.89. The van der Waals surface area contributed by atoms with E-state index in [0.29, 0.717) is 16.7 Å². The van der Waals surface area contributed by atoms with E-state index in [1.54, 1.807) is 32.0 Å². The predicted molar refractivity (Wildman–Crippen MR) is 78.3 cm³/mol. The van der Waals surface area contributed by atoms with Crippen molar-refractivity contribution in [2.24, 2.45) is 5.92 Å². The molecule has 21 heavy (non-hydrogen) atoms. The van der Waals surface area contributed by atoms with Gasteiger partial charge in [0.1, 0.15) is 5.82 Å². The van der Waals surface area contributed by atoms with Crippen molar-refractivity contribution in [1.82, 2.24) is 4.98 Å². The van der Waals surface area contributed by atoms with Crippen LogP contribution in [-0.2, 0) is 4.79 Å². The van der Waals surface area contributed by atoms with E-state index in [1.165, 1.54) is 12.1 Å². The number of aliphatic carboxylic acids is 1. The van der Waals surface area contributed by atoms with Crippen LogP contribution in [0, 0.1) is 16.0 Å². The molecule has 2 rings (SSSR count). The van der Waals surface area contributed by atoms with Crippen molar-refractivity contribution in [3.63, 3.8) is 0 Å². The first-order chi connectivity index (χ1) is 9.88. The van der Waals surface area contributed by atoms with Gasteiger partial charge in [-0.2, -0.15) is 0 Å². The highest BCUT2D eigenvalue weighted by atomic mass is 16.6. The van der Waals surface area contributed by atoms with Crippen LogP contribution in [0.15, 0.2) is 30.3 Å². The van der Waals surface area contributed by atoms with Gasteiger partial charge in [-0.1, -0.05) is 0 Å². The van der Waals surface area contributed by atoms with Gasteiger partial charge in [0.2, 0.25) is 0 Å². The van der Waals surface area contributed by atoms with Crippen molar-refractivity contribution in [3.8, 4) is 0 Å². The van der Waals surface area contributed by atoms with Crippen molar-refractivity contribution in [2.45, 2.75) is 19.9 Å². The van der Waals surface area contributed by atoms with Crippen molar-refractivity contribution in [2.75, 3.05) is 5.32 Å². The number of carboxylic acids is 1. The molecule has 0 amide bonds. The minimum absolute atomic E-state index is 0.0119.